The van der Waals surface area contributed by atoms with Gasteiger partial charge in [0.2, 0.25) is 0 Å². The van der Waals surface area contributed by atoms with Crippen LogP contribution in [-0.4, -0.2) is 11.2 Å². The minimum atomic E-state index is -0.336. The number of rotatable bonds is 2. The minimum Gasteiger partial charge on any atom is -0.359 e. The number of nitrogens with zero attached hydrogens (tertiary/aromatic N) is 1. The molecule has 0 bridgehead atoms. The van der Waals surface area contributed by atoms with Crippen LogP contribution in [0, 0.1) is 13.8 Å². The van der Waals surface area contributed by atoms with Crippen molar-refractivity contribution in [3.8, 4) is 0 Å². The Bertz CT molecular complexity index is 654. The lowest BCUT2D eigenvalue weighted by molar-refractivity contribution is 0.262. The zero-order valence-corrected chi connectivity index (χ0v) is 13.1. The first-order valence-corrected chi connectivity index (χ1v) is 6.88. The summed E-state index contributed by atoms with van der Waals surface area (Å²) in [6.45, 7) is 9.99. The van der Waals surface area contributed by atoms with Gasteiger partial charge in [0.05, 0.1) is 0 Å². The van der Waals surface area contributed by atoms with E-state index in [4.69, 9.17) is 4.52 Å². The number of carbonyl (C=O) groups excluding carboxylic acids is 1. The Hall–Kier alpha value is -2.30. The van der Waals surface area contributed by atoms with E-state index in [1.807, 2.05) is 52.8 Å². The lowest BCUT2D eigenvalue weighted by atomic mass is 9.93. The van der Waals surface area contributed by atoms with Crippen molar-refractivity contribution in [3.05, 3.63) is 41.2 Å². The number of aryl methyl sites for hydroxylation is 2. The van der Waals surface area contributed by atoms with Gasteiger partial charge in [-0.2, -0.15) is 0 Å². The maximum Gasteiger partial charge on any atom is 0.324 e. The van der Waals surface area contributed by atoms with E-state index < -0.39 is 0 Å². The van der Waals surface area contributed by atoms with Gasteiger partial charge < -0.3 is 9.84 Å². The number of hydrogen-bond donors (Lipinski definition) is 2. The summed E-state index contributed by atoms with van der Waals surface area (Å²) in [6.07, 6.45) is 0. The molecule has 0 spiro atoms. The van der Waals surface area contributed by atoms with E-state index in [0.717, 1.165) is 22.6 Å². The van der Waals surface area contributed by atoms with Crippen LogP contribution in [0.5, 0.6) is 0 Å². The van der Waals surface area contributed by atoms with Crippen LogP contribution in [0.1, 0.15) is 37.7 Å². The van der Waals surface area contributed by atoms with Gasteiger partial charge in [-0.15, -0.1) is 0 Å². The van der Waals surface area contributed by atoms with E-state index in [1.54, 1.807) is 6.07 Å². The largest absolute Gasteiger partial charge is 0.359 e. The Balaban J connectivity index is 2.05. The Morgan fingerprint density at radius 2 is 1.86 bits per heavy atom. The summed E-state index contributed by atoms with van der Waals surface area (Å²) < 4.78 is 5.23. The average molecular weight is 287 g/mol. The topological polar surface area (TPSA) is 67.2 Å². The Labute approximate surface area is 124 Å². The van der Waals surface area contributed by atoms with Gasteiger partial charge in [-0.3, -0.25) is 5.32 Å². The number of hydrogen-bond acceptors (Lipinski definition) is 3. The van der Waals surface area contributed by atoms with Gasteiger partial charge in [0.1, 0.15) is 5.76 Å². The second kappa shape index (κ2) is 5.60. The second-order valence-corrected chi connectivity index (χ2v) is 6.22. The molecule has 0 atom stereocenters. The van der Waals surface area contributed by atoms with Gasteiger partial charge >= 0.3 is 6.03 Å². The normalized spacial score (nSPS) is 11.3. The number of benzene rings is 1. The van der Waals surface area contributed by atoms with Crippen molar-refractivity contribution in [2.75, 3.05) is 10.6 Å². The molecule has 0 saturated heterocycles. The zero-order valence-electron chi connectivity index (χ0n) is 13.1. The highest BCUT2D eigenvalue weighted by Gasteiger charge is 2.20. The molecule has 2 rings (SSSR count). The smallest absolute Gasteiger partial charge is 0.324 e. The lowest BCUT2D eigenvalue weighted by Gasteiger charge is -2.12. The summed E-state index contributed by atoms with van der Waals surface area (Å²) in [4.78, 5) is 12.0. The molecular weight excluding hydrogens is 266 g/mol. The summed E-state index contributed by atoms with van der Waals surface area (Å²) in [6, 6.07) is 7.31. The molecule has 0 aliphatic rings. The SMILES string of the molecule is Cc1ccc(C)c(NC(=O)Nc2cc(C(C)(C)C)on2)c1. The average Bonchev–Trinajstić information content (AvgIpc) is 2.82. The van der Waals surface area contributed by atoms with Gasteiger partial charge in [-0.1, -0.05) is 38.1 Å². The molecule has 0 saturated carbocycles. The predicted octanol–water partition coefficient (Wildman–Crippen LogP) is 4.23. The summed E-state index contributed by atoms with van der Waals surface area (Å²) in [5.74, 6) is 1.13. The highest BCUT2D eigenvalue weighted by atomic mass is 16.5. The van der Waals surface area contributed by atoms with Crippen LogP contribution in [0.2, 0.25) is 0 Å². The predicted molar refractivity (Wildman–Crippen MR) is 83.8 cm³/mol. The standard InChI is InChI=1S/C16H21N3O2/c1-10-6-7-11(2)12(8-10)17-15(20)18-14-9-13(21-19-14)16(3,4)5/h6-9H,1-5H3,(H2,17,18,19,20). The zero-order chi connectivity index (χ0) is 15.6. The fraction of sp³-hybridized carbons (Fsp3) is 0.375. The number of anilines is 2. The maximum absolute atomic E-state index is 12.0. The van der Waals surface area contributed by atoms with Crippen molar-refractivity contribution >= 4 is 17.5 Å². The number of carbonyl (C=O) groups is 1. The Morgan fingerprint density at radius 3 is 2.48 bits per heavy atom. The van der Waals surface area contributed by atoms with Crippen LogP contribution in [0.4, 0.5) is 16.3 Å². The summed E-state index contributed by atoms with van der Waals surface area (Å²) in [7, 11) is 0. The monoisotopic (exact) mass is 287 g/mol. The van der Waals surface area contributed by atoms with E-state index in [2.05, 4.69) is 15.8 Å². The second-order valence-electron chi connectivity index (χ2n) is 6.22. The van der Waals surface area contributed by atoms with Crippen LogP contribution < -0.4 is 10.6 Å². The molecule has 1 heterocycles. The molecule has 0 aliphatic heterocycles. The summed E-state index contributed by atoms with van der Waals surface area (Å²) in [5.41, 5.74) is 2.74. The first-order valence-electron chi connectivity index (χ1n) is 6.88. The molecule has 21 heavy (non-hydrogen) atoms. The van der Waals surface area contributed by atoms with Crippen molar-refractivity contribution in [1.29, 1.82) is 0 Å². The van der Waals surface area contributed by atoms with E-state index in [0.29, 0.717) is 5.82 Å². The number of aromatic nitrogens is 1. The molecule has 112 valence electrons. The molecule has 2 amide bonds. The van der Waals surface area contributed by atoms with Crippen molar-refractivity contribution < 1.29 is 9.32 Å². The third kappa shape index (κ3) is 3.84. The fourth-order valence-corrected chi connectivity index (χ4v) is 1.83. The molecule has 2 aromatic rings. The third-order valence-electron chi connectivity index (χ3n) is 3.13. The van der Waals surface area contributed by atoms with Crippen LogP contribution >= 0.6 is 0 Å². The lowest BCUT2D eigenvalue weighted by Crippen LogP contribution is -2.20. The van der Waals surface area contributed by atoms with E-state index in [-0.39, 0.29) is 11.4 Å². The highest BCUT2D eigenvalue weighted by molar-refractivity contribution is 5.99. The van der Waals surface area contributed by atoms with Crippen LogP contribution in [0.25, 0.3) is 0 Å². The maximum atomic E-state index is 12.0. The molecular formula is C16H21N3O2. The van der Waals surface area contributed by atoms with Crippen LogP contribution in [0.3, 0.4) is 0 Å². The molecule has 2 N–H and O–H groups in total. The molecule has 5 heteroatoms. The van der Waals surface area contributed by atoms with E-state index >= 15 is 0 Å². The quantitative estimate of drug-likeness (QED) is 0.868. The van der Waals surface area contributed by atoms with Gasteiger partial charge in [0.25, 0.3) is 0 Å². The molecule has 0 unspecified atom stereocenters. The third-order valence-corrected chi connectivity index (χ3v) is 3.13. The first-order chi connectivity index (χ1) is 9.75. The molecule has 5 nitrogen and oxygen atoms in total. The summed E-state index contributed by atoms with van der Waals surface area (Å²) >= 11 is 0. The van der Waals surface area contributed by atoms with Crippen LogP contribution in [0.15, 0.2) is 28.8 Å². The number of urea groups is 1. The highest BCUT2D eigenvalue weighted by Crippen LogP contribution is 2.24. The molecule has 0 fully saturated rings. The van der Waals surface area contributed by atoms with Crippen molar-refractivity contribution in [2.45, 2.75) is 40.0 Å². The van der Waals surface area contributed by atoms with Crippen molar-refractivity contribution in [3.63, 3.8) is 0 Å². The van der Waals surface area contributed by atoms with E-state index in [1.165, 1.54) is 0 Å². The molecule has 1 aromatic heterocycles. The minimum absolute atomic E-state index is 0.142. The first kappa shape index (κ1) is 15.1. The van der Waals surface area contributed by atoms with Gasteiger partial charge in [0.15, 0.2) is 5.82 Å². The fourth-order valence-electron chi connectivity index (χ4n) is 1.83. The van der Waals surface area contributed by atoms with Crippen LogP contribution in [-0.2, 0) is 5.41 Å². The molecule has 0 aliphatic carbocycles. The van der Waals surface area contributed by atoms with Gasteiger partial charge in [-0.05, 0) is 31.0 Å². The van der Waals surface area contributed by atoms with Crippen molar-refractivity contribution in [1.82, 2.24) is 5.16 Å². The molecule has 0 radical (unpaired) electrons. The summed E-state index contributed by atoms with van der Waals surface area (Å²) in [5, 5.41) is 9.35. The number of amides is 2. The van der Waals surface area contributed by atoms with Crippen molar-refractivity contribution in [2.24, 2.45) is 0 Å². The van der Waals surface area contributed by atoms with E-state index in [9.17, 15) is 4.79 Å². The Kier molecular flexibility index (Phi) is 4.02. The van der Waals surface area contributed by atoms with Gasteiger partial charge in [-0.25, -0.2) is 4.79 Å². The number of nitrogens with one attached hydrogen (secondary N) is 2. The van der Waals surface area contributed by atoms with Gasteiger partial charge in [0, 0.05) is 17.2 Å². The Morgan fingerprint density at radius 1 is 1.14 bits per heavy atom. The molecule has 1 aromatic carbocycles.